The lowest BCUT2D eigenvalue weighted by molar-refractivity contribution is -0.148. The van der Waals surface area contributed by atoms with Crippen LogP contribution in [0.2, 0.25) is 0 Å². The monoisotopic (exact) mass is 644 g/mol. The van der Waals surface area contributed by atoms with Gasteiger partial charge in [0.25, 0.3) is 0 Å². The first-order valence-electron chi connectivity index (χ1n) is 16.2. The van der Waals surface area contributed by atoms with Crippen LogP contribution in [0.3, 0.4) is 0 Å². The quantitative estimate of drug-likeness (QED) is 0.208. The Labute approximate surface area is 279 Å². The minimum atomic E-state index is -1.42. The largest absolute Gasteiger partial charge is 0.445 e. The maximum atomic E-state index is 14.3. The second-order valence-corrected chi connectivity index (χ2v) is 14.5. The Bertz CT molecular complexity index is 1560. The molecule has 0 radical (unpaired) electrons. The van der Waals surface area contributed by atoms with E-state index in [2.05, 4.69) is 16.0 Å². The highest BCUT2D eigenvalue weighted by atomic mass is 16.5. The number of hydrogen-bond donors (Lipinski definition) is 3. The number of alkyl carbamates (subject to hydrolysis) is 1. The molecule has 9 heteroatoms. The fraction of sp³-hybridized carbons (Fsp3) is 0.474. The molecule has 47 heavy (non-hydrogen) atoms. The zero-order chi connectivity index (χ0) is 35.2. The molecule has 3 aromatic rings. The van der Waals surface area contributed by atoms with Crippen LogP contribution in [-0.2, 0) is 25.7 Å². The average Bonchev–Trinajstić information content (AvgIpc) is 3.01. The number of nitrogens with one attached hydrogen (secondary N) is 3. The summed E-state index contributed by atoms with van der Waals surface area (Å²) in [4.78, 5) is 56.1. The topological polar surface area (TPSA) is 117 Å². The van der Waals surface area contributed by atoms with Crippen LogP contribution >= 0.6 is 0 Å². The second-order valence-electron chi connectivity index (χ2n) is 14.5. The van der Waals surface area contributed by atoms with Crippen molar-refractivity contribution < 1.29 is 23.9 Å². The van der Waals surface area contributed by atoms with Crippen molar-refractivity contribution in [2.45, 2.75) is 98.5 Å². The molecule has 0 spiro atoms. The first-order valence-corrected chi connectivity index (χ1v) is 16.2. The molecule has 0 aliphatic carbocycles. The van der Waals surface area contributed by atoms with Gasteiger partial charge in [-0.1, -0.05) is 107 Å². The summed E-state index contributed by atoms with van der Waals surface area (Å²) in [6, 6.07) is 22.1. The maximum absolute atomic E-state index is 14.3. The van der Waals surface area contributed by atoms with E-state index in [1.165, 1.54) is 0 Å². The van der Waals surface area contributed by atoms with Crippen molar-refractivity contribution in [2.24, 2.45) is 11.3 Å². The number of rotatable bonds is 12. The van der Waals surface area contributed by atoms with Crippen molar-refractivity contribution in [1.29, 1.82) is 0 Å². The molecule has 4 amide bonds. The third kappa shape index (κ3) is 9.11. The van der Waals surface area contributed by atoms with Gasteiger partial charge < -0.3 is 25.6 Å². The van der Waals surface area contributed by atoms with Crippen LogP contribution in [0.15, 0.2) is 72.8 Å². The molecule has 254 valence electrons. The second kappa shape index (κ2) is 15.0. The van der Waals surface area contributed by atoms with E-state index in [0.29, 0.717) is 6.42 Å². The number of amides is 4. The highest BCUT2D eigenvalue weighted by Crippen LogP contribution is 2.35. The summed E-state index contributed by atoms with van der Waals surface area (Å²) in [6.07, 6.45) is -0.398. The van der Waals surface area contributed by atoms with Gasteiger partial charge in [-0.3, -0.25) is 14.4 Å². The third-order valence-electron chi connectivity index (χ3n) is 9.00. The lowest BCUT2D eigenvalue weighted by Crippen LogP contribution is -2.69. The Kier molecular flexibility index (Phi) is 11.8. The van der Waals surface area contributed by atoms with Gasteiger partial charge in [0.1, 0.15) is 23.7 Å². The number of fused-ring (bicyclic) bond motifs is 1. The predicted octanol–water partition coefficient (Wildman–Crippen LogP) is 6.52. The van der Waals surface area contributed by atoms with E-state index in [9.17, 15) is 19.2 Å². The first kappa shape index (κ1) is 37.1. The molecule has 0 bridgehead atoms. The van der Waals surface area contributed by atoms with Crippen LogP contribution in [0.25, 0.3) is 10.8 Å². The molecule has 0 fully saturated rings. The molecule has 3 rings (SSSR count). The fourth-order valence-electron chi connectivity index (χ4n) is 5.36. The van der Waals surface area contributed by atoms with Gasteiger partial charge in [-0.15, -0.1) is 0 Å². The summed E-state index contributed by atoms with van der Waals surface area (Å²) in [5.41, 5.74) is -1.64. The minimum Gasteiger partial charge on any atom is -0.445 e. The lowest BCUT2D eigenvalue weighted by atomic mass is 9.73. The van der Waals surface area contributed by atoms with Gasteiger partial charge in [0, 0.05) is 7.05 Å². The molecule has 3 N–H and O–H groups in total. The summed E-state index contributed by atoms with van der Waals surface area (Å²) in [7, 11) is 1.75. The zero-order valence-corrected chi connectivity index (χ0v) is 29.6. The van der Waals surface area contributed by atoms with Crippen molar-refractivity contribution in [3.05, 3.63) is 83.9 Å². The van der Waals surface area contributed by atoms with Crippen molar-refractivity contribution in [2.75, 3.05) is 7.05 Å². The average molecular weight is 645 g/mol. The summed E-state index contributed by atoms with van der Waals surface area (Å²) in [6.45, 7) is 16.5. The molecular formula is C38H52N4O5. The predicted molar refractivity (Wildman–Crippen MR) is 186 cm³/mol. The summed E-state index contributed by atoms with van der Waals surface area (Å²) in [5.74, 6) is -1.25. The summed E-state index contributed by atoms with van der Waals surface area (Å²) in [5, 5.41) is 10.6. The molecule has 9 nitrogen and oxygen atoms in total. The van der Waals surface area contributed by atoms with Crippen LogP contribution in [-0.4, -0.2) is 52.9 Å². The number of benzene rings is 3. The molecule has 0 saturated carbocycles. The fourth-order valence-corrected chi connectivity index (χ4v) is 5.36. The van der Waals surface area contributed by atoms with Crippen LogP contribution in [0, 0.1) is 11.3 Å². The Hall–Kier alpha value is -4.40. The number of carbonyl (C=O) groups excluding carboxylic acids is 4. The molecule has 3 atom stereocenters. The molecule has 3 aromatic carbocycles. The van der Waals surface area contributed by atoms with E-state index in [4.69, 9.17) is 4.74 Å². The van der Waals surface area contributed by atoms with E-state index in [0.717, 1.165) is 21.9 Å². The van der Waals surface area contributed by atoms with E-state index in [-0.39, 0.29) is 24.5 Å². The zero-order valence-electron chi connectivity index (χ0n) is 29.6. The van der Waals surface area contributed by atoms with Gasteiger partial charge in [0.15, 0.2) is 0 Å². The third-order valence-corrected chi connectivity index (χ3v) is 9.00. The molecule has 0 heterocycles. The SMILES string of the molecule is CC(C)C[C@H](NC(=O)OCc1ccccc1)C(=O)NC(C)(C)C(=O)N[C@](C)(C(=O)N(C)[C@H](C)c1cccc2ccccc12)C(C)(C)C. The van der Waals surface area contributed by atoms with E-state index in [1.54, 1.807) is 32.7 Å². The number of likely N-dealkylation sites (N-methyl/N-ethyl adjacent to an activating group) is 1. The summed E-state index contributed by atoms with van der Waals surface area (Å²) < 4.78 is 5.34. The number of carbonyl (C=O) groups is 4. The van der Waals surface area contributed by atoms with Gasteiger partial charge in [-0.2, -0.15) is 0 Å². The molecule has 0 aliphatic heterocycles. The minimum absolute atomic E-state index is 0.0591. The Morgan fingerprint density at radius 2 is 1.38 bits per heavy atom. The van der Waals surface area contributed by atoms with Gasteiger partial charge in [-0.05, 0) is 67.3 Å². The molecular weight excluding hydrogens is 592 g/mol. The van der Waals surface area contributed by atoms with Crippen molar-refractivity contribution in [1.82, 2.24) is 20.9 Å². The molecule has 0 saturated heterocycles. The smallest absolute Gasteiger partial charge is 0.408 e. The number of ether oxygens (including phenoxy) is 1. The lowest BCUT2D eigenvalue weighted by Gasteiger charge is -2.46. The van der Waals surface area contributed by atoms with Crippen molar-refractivity contribution in [3.8, 4) is 0 Å². The molecule has 0 unspecified atom stereocenters. The Balaban J connectivity index is 1.77. The number of hydrogen-bond acceptors (Lipinski definition) is 5. The standard InChI is InChI=1S/C38H52N4O5/c1-25(2)23-31(39-35(46)47-24-27-17-12-11-13-18-27)32(43)40-37(7,8)33(44)41-38(9,36(4,5)6)34(45)42(10)26(3)29-22-16-20-28-19-14-15-21-30(28)29/h11-22,25-26,31H,23-24H2,1-10H3,(H,39,46)(H,40,43)(H,41,44)/t26-,31+,38-/m1/s1. The van der Waals surface area contributed by atoms with Crippen LogP contribution in [0.5, 0.6) is 0 Å². The van der Waals surface area contributed by atoms with Crippen LogP contribution < -0.4 is 16.0 Å². The van der Waals surface area contributed by atoms with Gasteiger partial charge in [0.05, 0.1) is 6.04 Å². The van der Waals surface area contributed by atoms with E-state index < -0.39 is 40.4 Å². The Morgan fingerprint density at radius 3 is 2.00 bits per heavy atom. The normalized spacial score (nSPS) is 14.4. The van der Waals surface area contributed by atoms with Crippen LogP contribution in [0.1, 0.15) is 85.9 Å². The van der Waals surface area contributed by atoms with Crippen molar-refractivity contribution in [3.63, 3.8) is 0 Å². The van der Waals surface area contributed by atoms with Crippen LogP contribution in [0.4, 0.5) is 4.79 Å². The summed E-state index contributed by atoms with van der Waals surface area (Å²) >= 11 is 0. The highest BCUT2D eigenvalue weighted by molar-refractivity contribution is 5.98. The van der Waals surface area contributed by atoms with Crippen molar-refractivity contribution >= 4 is 34.6 Å². The highest BCUT2D eigenvalue weighted by Gasteiger charge is 2.49. The molecule has 0 aliphatic rings. The van der Waals surface area contributed by atoms with Gasteiger partial charge >= 0.3 is 6.09 Å². The maximum Gasteiger partial charge on any atom is 0.408 e. The molecule has 0 aromatic heterocycles. The first-order chi connectivity index (χ1) is 21.9. The Morgan fingerprint density at radius 1 is 0.787 bits per heavy atom. The van der Waals surface area contributed by atoms with E-state index in [1.807, 2.05) is 114 Å². The van der Waals surface area contributed by atoms with Gasteiger partial charge in [0.2, 0.25) is 17.7 Å². The van der Waals surface area contributed by atoms with Gasteiger partial charge in [-0.25, -0.2) is 4.79 Å². The van der Waals surface area contributed by atoms with E-state index >= 15 is 0 Å². The number of nitrogens with zero attached hydrogens (tertiary/aromatic N) is 1.